The zero-order valence-corrected chi connectivity index (χ0v) is 12.7. The molecule has 1 heterocycles. The minimum absolute atomic E-state index is 0.157. The molecule has 0 bridgehead atoms. The molecule has 0 saturated carbocycles. The van der Waals surface area contributed by atoms with Gasteiger partial charge in [0.2, 0.25) is 5.88 Å². The minimum atomic E-state index is -0.157. The molecule has 0 radical (unpaired) electrons. The van der Waals surface area contributed by atoms with E-state index in [1.165, 1.54) is 5.56 Å². The summed E-state index contributed by atoms with van der Waals surface area (Å²) in [5, 5.41) is 3.15. The summed E-state index contributed by atoms with van der Waals surface area (Å²) in [7, 11) is 3.66. The molecule has 0 atom stereocenters. The van der Waals surface area contributed by atoms with E-state index in [1.807, 2.05) is 13.1 Å². The molecule has 0 spiro atoms. The monoisotopic (exact) mass is 266 g/mol. The second kappa shape index (κ2) is 7.46. The van der Waals surface area contributed by atoms with Gasteiger partial charge in [-0.25, -0.2) is 4.98 Å². The van der Waals surface area contributed by atoms with Gasteiger partial charge in [-0.15, -0.1) is 0 Å². The van der Waals surface area contributed by atoms with Gasteiger partial charge in [0.15, 0.2) is 0 Å². The molecule has 0 saturated heterocycles. The van der Waals surface area contributed by atoms with Crippen LogP contribution in [0.4, 0.5) is 0 Å². The Morgan fingerprint density at radius 2 is 2.05 bits per heavy atom. The Labute approximate surface area is 116 Å². The molecule has 0 aliphatic rings. The van der Waals surface area contributed by atoms with Crippen LogP contribution in [-0.2, 0) is 17.7 Å². The summed E-state index contributed by atoms with van der Waals surface area (Å²) < 4.78 is 11.1. The number of aryl methyl sites for hydroxylation is 1. The van der Waals surface area contributed by atoms with Crippen LogP contribution in [0.25, 0.3) is 0 Å². The molecule has 0 fully saturated rings. The summed E-state index contributed by atoms with van der Waals surface area (Å²) >= 11 is 0. The topological polar surface area (TPSA) is 43.4 Å². The van der Waals surface area contributed by atoms with Crippen LogP contribution in [0.3, 0.4) is 0 Å². The average Bonchev–Trinajstić information content (AvgIpc) is 2.38. The molecule has 4 heteroatoms. The van der Waals surface area contributed by atoms with Crippen molar-refractivity contribution in [2.75, 3.05) is 20.8 Å². The van der Waals surface area contributed by atoms with Gasteiger partial charge < -0.3 is 14.8 Å². The van der Waals surface area contributed by atoms with E-state index in [0.29, 0.717) is 12.5 Å². The quantitative estimate of drug-likeness (QED) is 0.785. The molecular weight excluding hydrogens is 240 g/mol. The van der Waals surface area contributed by atoms with Gasteiger partial charge in [-0.05, 0) is 38.9 Å². The molecule has 19 heavy (non-hydrogen) atoms. The third-order valence-electron chi connectivity index (χ3n) is 3.16. The molecule has 0 aliphatic carbocycles. The van der Waals surface area contributed by atoms with Crippen LogP contribution in [0, 0.1) is 0 Å². The van der Waals surface area contributed by atoms with Crippen molar-refractivity contribution in [2.24, 2.45) is 0 Å². The molecule has 1 aromatic rings. The number of hydrogen-bond acceptors (Lipinski definition) is 4. The lowest BCUT2D eigenvalue weighted by Gasteiger charge is -2.22. The normalized spacial score (nSPS) is 11.6. The van der Waals surface area contributed by atoms with E-state index >= 15 is 0 Å². The first kappa shape index (κ1) is 15.9. The minimum Gasteiger partial charge on any atom is -0.478 e. The highest BCUT2D eigenvalue weighted by molar-refractivity contribution is 5.25. The van der Waals surface area contributed by atoms with Crippen molar-refractivity contribution < 1.29 is 9.47 Å². The van der Waals surface area contributed by atoms with E-state index in [0.717, 1.165) is 25.1 Å². The van der Waals surface area contributed by atoms with Gasteiger partial charge in [0.1, 0.15) is 0 Å². The first-order valence-corrected chi connectivity index (χ1v) is 6.83. The van der Waals surface area contributed by atoms with Gasteiger partial charge in [0, 0.05) is 31.8 Å². The predicted molar refractivity (Wildman–Crippen MR) is 77.6 cm³/mol. The molecule has 1 aromatic heterocycles. The summed E-state index contributed by atoms with van der Waals surface area (Å²) in [6, 6.07) is 4.11. The molecule has 0 aliphatic heterocycles. The van der Waals surface area contributed by atoms with Crippen molar-refractivity contribution in [1.82, 2.24) is 10.3 Å². The van der Waals surface area contributed by atoms with E-state index in [2.05, 4.69) is 37.1 Å². The van der Waals surface area contributed by atoms with Crippen LogP contribution in [0.5, 0.6) is 5.88 Å². The maximum absolute atomic E-state index is 5.75. The van der Waals surface area contributed by atoms with Crippen LogP contribution in [0.15, 0.2) is 12.1 Å². The molecule has 108 valence electrons. The first-order chi connectivity index (χ1) is 9.00. The van der Waals surface area contributed by atoms with Gasteiger partial charge >= 0.3 is 0 Å². The van der Waals surface area contributed by atoms with Crippen LogP contribution < -0.4 is 10.1 Å². The van der Waals surface area contributed by atoms with Gasteiger partial charge in [0.05, 0.1) is 12.2 Å². The van der Waals surface area contributed by atoms with Gasteiger partial charge in [0.25, 0.3) is 0 Å². The van der Waals surface area contributed by atoms with Gasteiger partial charge in [-0.1, -0.05) is 6.92 Å². The third kappa shape index (κ3) is 5.57. The highest BCUT2D eigenvalue weighted by Gasteiger charge is 2.16. The van der Waals surface area contributed by atoms with Gasteiger partial charge in [-0.2, -0.15) is 0 Å². The number of nitrogens with one attached hydrogen (secondary N) is 1. The Morgan fingerprint density at radius 3 is 2.63 bits per heavy atom. The van der Waals surface area contributed by atoms with Crippen LogP contribution >= 0.6 is 0 Å². The summed E-state index contributed by atoms with van der Waals surface area (Å²) in [5.74, 6) is 0.705. The maximum atomic E-state index is 5.75. The highest BCUT2D eigenvalue weighted by Crippen LogP contribution is 2.16. The number of ether oxygens (including phenoxy) is 2. The number of methoxy groups -OCH3 is 1. The fourth-order valence-corrected chi connectivity index (χ4v) is 1.69. The van der Waals surface area contributed by atoms with Crippen molar-refractivity contribution in [3.05, 3.63) is 23.4 Å². The second-order valence-electron chi connectivity index (χ2n) is 5.25. The van der Waals surface area contributed by atoms with E-state index in [9.17, 15) is 0 Å². The SMILES string of the molecule is CCc1cc(CNC)cc(OCCC(C)(C)OC)n1. The number of pyridine rings is 1. The number of rotatable bonds is 8. The fourth-order valence-electron chi connectivity index (χ4n) is 1.69. The Kier molecular flexibility index (Phi) is 6.25. The Hall–Kier alpha value is -1.13. The standard InChI is InChI=1S/C15H26N2O2/c1-6-13-9-12(11-16-4)10-14(17-13)19-8-7-15(2,3)18-5/h9-10,16H,6-8,11H2,1-5H3. The molecule has 0 amide bonds. The molecule has 1 rings (SSSR count). The Balaban J connectivity index is 2.64. The predicted octanol–water partition coefficient (Wildman–Crippen LogP) is 2.56. The van der Waals surface area contributed by atoms with Crippen LogP contribution in [0.2, 0.25) is 0 Å². The largest absolute Gasteiger partial charge is 0.478 e. The van der Waals surface area contributed by atoms with E-state index in [4.69, 9.17) is 9.47 Å². The van der Waals surface area contributed by atoms with Crippen LogP contribution in [-0.4, -0.2) is 31.3 Å². The smallest absolute Gasteiger partial charge is 0.213 e. The summed E-state index contributed by atoms with van der Waals surface area (Å²) in [5.41, 5.74) is 2.11. The lowest BCUT2D eigenvalue weighted by atomic mass is 10.1. The molecule has 0 aromatic carbocycles. The fraction of sp³-hybridized carbons (Fsp3) is 0.667. The van der Waals surface area contributed by atoms with Gasteiger partial charge in [-0.3, -0.25) is 0 Å². The molecule has 1 N–H and O–H groups in total. The Bertz CT molecular complexity index is 392. The number of nitrogens with zero attached hydrogens (tertiary/aromatic N) is 1. The van der Waals surface area contributed by atoms with E-state index in [1.54, 1.807) is 7.11 Å². The lowest BCUT2D eigenvalue weighted by molar-refractivity contribution is 0.00507. The molecule has 0 unspecified atom stereocenters. The third-order valence-corrected chi connectivity index (χ3v) is 3.16. The summed E-state index contributed by atoms with van der Waals surface area (Å²) in [4.78, 5) is 4.49. The summed E-state index contributed by atoms with van der Waals surface area (Å²) in [6.07, 6.45) is 1.75. The van der Waals surface area contributed by atoms with E-state index < -0.39 is 0 Å². The van der Waals surface area contributed by atoms with Crippen molar-refractivity contribution in [3.63, 3.8) is 0 Å². The zero-order valence-electron chi connectivity index (χ0n) is 12.7. The Morgan fingerprint density at radius 1 is 1.32 bits per heavy atom. The molecule has 4 nitrogen and oxygen atoms in total. The van der Waals surface area contributed by atoms with Crippen molar-refractivity contribution in [2.45, 2.75) is 45.8 Å². The average molecular weight is 266 g/mol. The van der Waals surface area contributed by atoms with Crippen molar-refractivity contribution >= 4 is 0 Å². The number of hydrogen-bond donors (Lipinski definition) is 1. The maximum Gasteiger partial charge on any atom is 0.213 e. The first-order valence-electron chi connectivity index (χ1n) is 6.83. The molecular formula is C15H26N2O2. The van der Waals surface area contributed by atoms with Crippen LogP contribution in [0.1, 0.15) is 38.4 Å². The second-order valence-corrected chi connectivity index (χ2v) is 5.25. The van der Waals surface area contributed by atoms with E-state index in [-0.39, 0.29) is 5.60 Å². The van der Waals surface area contributed by atoms with Crippen molar-refractivity contribution in [1.29, 1.82) is 0 Å². The van der Waals surface area contributed by atoms with Crippen molar-refractivity contribution in [3.8, 4) is 5.88 Å². The highest BCUT2D eigenvalue weighted by atomic mass is 16.5. The number of aromatic nitrogens is 1. The zero-order chi connectivity index (χ0) is 14.3. The summed E-state index contributed by atoms with van der Waals surface area (Å²) in [6.45, 7) is 7.65. The lowest BCUT2D eigenvalue weighted by Crippen LogP contribution is -2.25.